The summed E-state index contributed by atoms with van der Waals surface area (Å²) in [7, 11) is 1.55. The molecule has 0 unspecified atom stereocenters. The van der Waals surface area contributed by atoms with Gasteiger partial charge in [0.2, 0.25) is 0 Å². The fourth-order valence-corrected chi connectivity index (χ4v) is 0.787. The molecule has 0 aliphatic rings. The predicted molar refractivity (Wildman–Crippen MR) is 65.5 cm³/mol. The molecular formula is C12H21NO2. The van der Waals surface area contributed by atoms with Crippen molar-refractivity contribution in [2.45, 2.75) is 27.7 Å². The first-order chi connectivity index (χ1) is 7.27. The summed E-state index contributed by atoms with van der Waals surface area (Å²) in [6, 6.07) is 4.94. The van der Waals surface area contributed by atoms with E-state index in [4.69, 9.17) is 10.5 Å². The summed E-state index contributed by atoms with van der Waals surface area (Å²) in [5.74, 6) is 0.660. The number of rotatable bonds is 2. The Kier molecular flexibility index (Phi) is 11.2. The first kappa shape index (κ1) is 15.9. The van der Waals surface area contributed by atoms with Gasteiger partial charge in [0, 0.05) is 17.3 Å². The lowest BCUT2D eigenvalue weighted by Crippen LogP contribution is -1.93. The molecule has 0 spiro atoms. The molecule has 3 nitrogen and oxygen atoms in total. The van der Waals surface area contributed by atoms with Gasteiger partial charge in [0.15, 0.2) is 6.29 Å². The van der Waals surface area contributed by atoms with Crippen LogP contribution in [0.2, 0.25) is 0 Å². The molecule has 86 valence electrons. The minimum Gasteiger partial charge on any atom is -0.497 e. The van der Waals surface area contributed by atoms with E-state index in [1.807, 2.05) is 27.7 Å². The number of methoxy groups -OCH3 is 1. The Hall–Kier alpha value is -1.51. The minimum absolute atomic E-state index is 0.444. The van der Waals surface area contributed by atoms with Crippen LogP contribution in [0, 0.1) is 0 Å². The summed E-state index contributed by atoms with van der Waals surface area (Å²) in [4.78, 5) is 10.3. The molecular weight excluding hydrogens is 190 g/mol. The fraction of sp³-hybridized carbons (Fsp3) is 0.417. The molecule has 15 heavy (non-hydrogen) atoms. The second-order valence-electron chi connectivity index (χ2n) is 2.11. The Morgan fingerprint density at radius 1 is 1.20 bits per heavy atom. The summed E-state index contributed by atoms with van der Waals surface area (Å²) >= 11 is 0. The highest BCUT2D eigenvalue weighted by Crippen LogP contribution is 2.17. The van der Waals surface area contributed by atoms with Crippen LogP contribution in [-0.4, -0.2) is 13.4 Å². The molecule has 1 rings (SSSR count). The minimum atomic E-state index is 0.444. The van der Waals surface area contributed by atoms with Gasteiger partial charge < -0.3 is 10.5 Å². The van der Waals surface area contributed by atoms with E-state index in [1.165, 1.54) is 0 Å². The van der Waals surface area contributed by atoms with E-state index >= 15 is 0 Å². The van der Waals surface area contributed by atoms with Gasteiger partial charge in [0.1, 0.15) is 5.75 Å². The number of hydrogen-bond donors (Lipinski definition) is 1. The second kappa shape index (κ2) is 10.6. The Labute approximate surface area is 92.2 Å². The average Bonchev–Trinajstić information content (AvgIpc) is 2.34. The second-order valence-corrected chi connectivity index (χ2v) is 2.11. The summed E-state index contributed by atoms with van der Waals surface area (Å²) in [6.07, 6.45) is 0.717. The van der Waals surface area contributed by atoms with Gasteiger partial charge >= 0.3 is 0 Å². The number of anilines is 1. The zero-order valence-electron chi connectivity index (χ0n) is 10.2. The number of hydrogen-bond acceptors (Lipinski definition) is 3. The van der Waals surface area contributed by atoms with Crippen molar-refractivity contribution in [2.24, 2.45) is 0 Å². The highest BCUT2D eigenvalue weighted by molar-refractivity contribution is 5.83. The van der Waals surface area contributed by atoms with Gasteiger partial charge in [-0.05, 0) is 12.1 Å². The molecule has 0 radical (unpaired) electrons. The molecule has 0 fully saturated rings. The van der Waals surface area contributed by atoms with E-state index < -0.39 is 0 Å². The number of carbonyl (C=O) groups is 1. The Balaban J connectivity index is 0. The largest absolute Gasteiger partial charge is 0.497 e. The van der Waals surface area contributed by atoms with Crippen LogP contribution in [0.1, 0.15) is 38.1 Å². The SMILES string of the molecule is CC.CC.COc1ccc(C=O)c(N)c1. The van der Waals surface area contributed by atoms with Gasteiger partial charge in [-0.1, -0.05) is 27.7 Å². The van der Waals surface area contributed by atoms with Crippen LogP contribution in [-0.2, 0) is 0 Å². The number of carbonyl (C=O) groups excluding carboxylic acids is 1. The molecule has 0 saturated heterocycles. The highest BCUT2D eigenvalue weighted by atomic mass is 16.5. The lowest BCUT2D eigenvalue weighted by Gasteiger charge is -2.01. The average molecular weight is 211 g/mol. The fourth-order valence-electron chi connectivity index (χ4n) is 0.787. The third-order valence-electron chi connectivity index (χ3n) is 1.42. The molecule has 1 aromatic rings. The van der Waals surface area contributed by atoms with Gasteiger partial charge in [0.25, 0.3) is 0 Å². The van der Waals surface area contributed by atoms with Gasteiger partial charge in [-0.2, -0.15) is 0 Å². The monoisotopic (exact) mass is 211 g/mol. The van der Waals surface area contributed by atoms with E-state index in [1.54, 1.807) is 25.3 Å². The summed E-state index contributed by atoms with van der Waals surface area (Å²) in [5, 5.41) is 0. The quantitative estimate of drug-likeness (QED) is 0.604. The van der Waals surface area contributed by atoms with Gasteiger partial charge in [-0.3, -0.25) is 4.79 Å². The molecule has 0 aliphatic heterocycles. The number of aldehydes is 1. The van der Waals surface area contributed by atoms with E-state index in [2.05, 4.69) is 0 Å². The van der Waals surface area contributed by atoms with Gasteiger partial charge in [0.05, 0.1) is 7.11 Å². The zero-order chi connectivity index (χ0) is 12.3. The first-order valence-electron chi connectivity index (χ1n) is 5.16. The van der Waals surface area contributed by atoms with Crippen molar-refractivity contribution in [3.8, 4) is 5.75 Å². The maximum absolute atomic E-state index is 10.3. The van der Waals surface area contributed by atoms with Gasteiger partial charge in [-0.25, -0.2) is 0 Å². The molecule has 0 amide bonds. The lowest BCUT2D eigenvalue weighted by molar-refractivity contribution is 0.112. The molecule has 0 aliphatic carbocycles. The van der Waals surface area contributed by atoms with Gasteiger partial charge in [-0.15, -0.1) is 0 Å². The third kappa shape index (κ3) is 5.73. The summed E-state index contributed by atoms with van der Waals surface area (Å²) in [5.41, 5.74) is 6.43. The van der Waals surface area contributed by atoms with Crippen LogP contribution in [0.4, 0.5) is 5.69 Å². The van der Waals surface area contributed by atoms with Crippen LogP contribution in [0.25, 0.3) is 0 Å². The topological polar surface area (TPSA) is 52.3 Å². The number of nitrogens with two attached hydrogens (primary N) is 1. The van der Waals surface area contributed by atoms with Crippen LogP contribution < -0.4 is 10.5 Å². The van der Waals surface area contributed by atoms with Crippen molar-refractivity contribution >= 4 is 12.0 Å². The van der Waals surface area contributed by atoms with Crippen molar-refractivity contribution in [3.05, 3.63) is 23.8 Å². The van der Waals surface area contributed by atoms with Crippen molar-refractivity contribution in [3.63, 3.8) is 0 Å². The Bertz CT molecular complexity index is 272. The summed E-state index contributed by atoms with van der Waals surface area (Å²) < 4.78 is 4.90. The van der Waals surface area contributed by atoms with Crippen molar-refractivity contribution < 1.29 is 9.53 Å². The Morgan fingerprint density at radius 3 is 2.07 bits per heavy atom. The molecule has 3 heteroatoms. The highest BCUT2D eigenvalue weighted by Gasteiger charge is 1.97. The van der Waals surface area contributed by atoms with E-state index in [0.717, 1.165) is 6.29 Å². The zero-order valence-corrected chi connectivity index (χ0v) is 10.2. The normalized spacial score (nSPS) is 7.53. The summed E-state index contributed by atoms with van der Waals surface area (Å²) in [6.45, 7) is 8.00. The number of ether oxygens (including phenoxy) is 1. The van der Waals surface area contributed by atoms with Crippen LogP contribution in [0.5, 0.6) is 5.75 Å². The molecule has 0 bridgehead atoms. The maximum atomic E-state index is 10.3. The standard InChI is InChI=1S/C8H9NO2.2C2H6/c1-11-7-3-2-6(5-10)8(9)4-7;2*1-2/h2-5H,9H2,1H3;2*1-2H3. The van der Waals surface area contributed by atoms with Crippen LogP contribution >= 0.6 is 0 Å². The molecule has 0 atom stereocenters. The molecule has 0 aromatic heterocycles. The molecule has 0 heterocycles. The Morgan fingerprint density at radius 2 is 1.73 bits per heavy atom. The van der Waals surface area contributed by atoms with Crippen molar-refractivity contribution in [2.75, 3.05) is 12.8 Å². The number of benzene rings is 1. The lowest BCUT2D eigenvalue weighted by atomic mass is 10.2. The third-order valence-corrected chi connectivity index (χ3v) is 1.42. The van der Waals surface area contributed by atoms with Crippen molar-refractivity contribution in [1.29, 1.82) is 0 Å². The maximum Gasteiger partial charge on any atom is 0.152 e. The van der Waals surface area contributed by atoms with E-state index in [-0.39, 0.29) is 0 Å². The molecule has 0 saturated carbocycles. The van der Waals surface area contributed by atoms with Crippen LogP contribution in [0.3, 0.4) is 0 Å². The van der Waals surface area contributed by atoms with E-state index in [0.29, 0.717) is 17.0 Å². The molecule has 2 N–H and O–H groups in total. The van der Waals surface area contributed by atoms with Crippen molar-refractivity contribution in [1.82, 2.24) is 0 Å². The van der Waals surface area contributed by atoms with E-state index in [9.17, 15) is 4.79 Å². The number of nitrogen functional groups attached to an aromatic ring is 1. The van der Waals surface area contributed by atoms with Crippen LogP contribution in [0.15, 0.2) is 18.2 Å². The smallest absolute Gasteiger partial charge is 0.152 e. The first-order valence-corrected chi connectivity index (χ1v) is 5.16. The predicted octanol–water partition coefficient (Wildman–Crippen LogP) is 3.14. The molecule has 1 aromatic carbocycles.